The lowest BCUT2D eigenvalue weighted by atomic mass is 9.57. The Morgan fingerprint density at radius 2 is 1.50 bits per heavy atom. The fourth-order valence-corrected chi connectivity index (χ4v) is 3.65. The van der Waals surface area contributed by atoms with Crippen LogP contribution < -0.4 is 5.32 Å². The minimum absolute atomic E-state index is 0.0555. The minimum Gasteiger partial charge on any atom is -0.377 e. The maximum Gasteiger partial charge on any atom is 0.185 e. The van der Waals surface area contributed by atoms with Crippen molar-refractivity contribution in [3.63, 3.8) is 0 Å². The molecule has 2 aliphatic carbocycles. The summed E-state index contributed by atoms with van der Waals surface area (Å²) in [5, 5.41) is 2.73. The Bertz CT molecular complexity index is 497. The first-order valence-corrected chi connectivity index (χ1v) is 7.13. The van der Waals surface area contributed by atoms with Crippen molar-refractivity contribution in [1.82, 2.24) is 0 Å². The normalized spacial score (nSPS) is 24.5. The number of anilines is 1. The van der Waals surface area contributed by atoms with Crippen LogP contribution in [0.4, 0.5) is 23.2 Å². The summed E-state index contributed by atoms with van der Waals surface area (Å²) >= 11 is 0. The number of hydrogen-bond acceptors (Lipinski definition) is 1. The van der Waals surface area contributed by atoms with E-state index < -0.39 is 29.0 Å². The van der Waals surface area contributed by atoms with Crippen LogP contribution in [0.1, 0.15) is 44.9 Å². The van der Waals surface area contributed by atoms with Crippen LogP contribution in [-0.2, 0) is 0 Å². The van der Waals surface area contributed by atoms with E-state index in [2.05, 4.69) is 5.32 Å². The second kappa shape index (κ2) is 4.93. The predicted molar refractivity (Wildman–Crippen MR) is 68.4 cm³/mol. The number of halogens is 4. The predicted octanol–water partition coefficient (Wildman–Crippen LogP) is 4.77. The van der Waals surface area contributed by atoms with E-state index >= 15 is 0 Å². The number of rotatable bonds is 2. The number of nitrogens with one attached hydrogen (secondary N) is 1. The van der Waals surface area contributed by atoms with Crippen LogP contribution >= 0.6 is 0 Å². The van der Waals surface area contributed by atoms with Gasteiger partial charge in [0.2, 0.25) is 0 Å². The average Bonchev–Trinajstić information content (AvgIpc) is 2.45. The van der Waals surface area contributed by atoms with Crippen molar-refractivity contribution in [2.45, 2.75) is 51.0 Å². The molecule has 1 atom stereocenters. The van der Waals surface area contributed by atoms with Gasteiger partial charge in [0.25, 0.3) is 0 Å². The van der Waals surface area contributed by atoms with Crippen LogP contribution in [0.15, 0.2) is 6.07 Å². The molecule has 2 saturated carbocycles. The van der Waals surface area contributed by atoms with E-state index in [1.807, 2.05) is 0 Å². The first-order valence-electron chi connectivity index (χ1n) is 7.13. The molecule has 1 unspecified atom stereocenters. The van der Waals surface area contributed by atoms with Gasteiger partial charge in [0, 0.05) is 12.1 Å². The molecule has 0 bridgehead atoms. The fraction of sp³-hybridized carbons (Fsp3) is 0.600. The summed E-state index contributed by atoms with van der Waals surface area (Å²) in [5.74, 6) is -5.38. The summed E-state index contributed by atoms with van der Waals surface area (Å²) in [6.45, 7) is 0. The first-order chi connectivity index (χ1) is 9.53. The van der Waals surface area contributed by atoms with Crippen molar-refractivity contribution >= 4 is 5.69 Å². The van der Waals surface area contributed by atoms with Gasteiger partial charge in [-0.1, -0.05) is 19.3 Å². The third-order valence-corrected chi connectivity index (χ3v) is 4.95. The quantitative estimate of drug-likeness (QED) is 0.610. The van der Waals surface area contributed by atoms with E-state index in [9.17, 15) is 17.6 Å². The lowest BCUT2D eigenvalue weighted by Gasteiger charge is -2.52. The smallest absolute Gasteiger partial charge is 0.185 e. The highest BCUT2D eigenvalue weighted by molar-refractivity contribution is 5.49. The van der Waals surface area contributed by atoms with E-state index in [-0.39, 0.29) is 17.5 Å². The molecule has 1 nitrogen and oxygen atoms in total. The molecule has 110 valence electrons. The van der Waals surface area contributed by atoms with Crippen molar-refractivity contribution in [3.05, 3.63) is 29.3 Å². The Morgan fingerprint density at radius 3 is 2.00 bits per heavy atom. The van der Waals surface area contributed by atoms with Gasteiger partial charge in [0.1, 0.15) is 5.69 Å². The Morgan fingerprint density at radius 1 is 0.900 bits per heavy atom. The molecular weight excluding hydrogens is 270 g/mol. The van der Waals surface area contributed by atoms with Gasteiger partial charge >= 0.3 is 0 Å². The zero-order valence-corrected chi connectivity index (χ0v) is 11.1. The van der Waals surface area contributed by atoms with Gasteiger partial charge < -0.3 is 5.32 Å². The highest BCUT2D eigenvalue weighted by Gasteiger charge is 2.47. The van der Waals surface area contributed by atoms with Gasteiger partial charge in [-0.2, -0.15) is 0 Å². The summed E-state index contributed by atoms with van der Waals surface area (Å²) in [6, 6.07) is 0.153. The van der Waals surface area contributed by atoms with E-state index in [4.69, 9.17) is 0 Å². The summed E-state index contributed by atoms with van der Waals surface area (Å²) in [6.07, 6.45) is 7.26. The maximum atomic E-state index is 13.7. The third-order valence-electron chi connectivity index (χ3n) is 4.95. The molecule has 2 fully saturated rings. The SMILES string of the molecule is Fc1cc(F)c(F)c(NC2CCC23CCCCC3)c1F. The second-order valence-electron chi connectivity index (χ2n) is 6.00. The van der Waals surface area contributed by atoms with E-state index in [0.717, 1.165) is 38.5 Å². The van der Waals surface area contributed by atoms with Crippen molar-refractivity contribution in [2.75, 3.05) is 5.32 Å². The molecule has 0 radical (unpaired) electrons. The molecule has 0 heterocycles. The fourth-order valence-electron chi connectivity index (χ4n) is 3.65. The summed E-state index contributed by atoms with van der Waals surface area (Å²) in [4.78, 5) is 0. The van der Waals surface area contributed by atoms with Crippen LogP contribution in [0.3, 0.4) is 0 Å². The van der Waals surface area contributed by atoms with Crippen molar-refractivity contribution in [3.8, 4) is 0 Å². The minimum atomic E-state index is -1.36. The van der Waals surface area contributed by atoms with Crippen molar-refractivity contribution in [1.29, 1.82) is 0 Å². The Hall–Kier alpha value is -1.26. The Kier molecular flexibility index (Phi) is 3.38. The van der Waals surface area contributed by atoms with Crippen LogP contribution in [0.5, 0.6) is 0 Å². The molecule has 20 heavy (non-hydrogen) atoms. The van der Waals surface area contributed by atoms with Crippen LogP contribution in [0.25, 0.3) is 0 Å². The van der Waals surface area contributed by atoms with E-state index in [0.29, 0.717) is 0 Å². The van der Waals surface area contributed by atoms with E-state index in [1.165, 1.54) is 6.42 Å². The maximum absolute atomic E-state index is 13.7. The molecule has 1 N–H and O–H groups in total. The molecule has 5 heteroatoms. The topological polar surface area (TPSA) is 12.0 Å². The highest BCUT2D eigenvalue weighted by atomic mass is 19.2. The summed E-state index contributed by atoms with van der Waals surface area (Å²) < 4.78 is 53.8. The van der Waals surface area contributed by atoms with Crippen LogP contribution in [0.2, 0.25) is 0 Å². The number of benzene rings is 1. The van der Waals surface area contributed by atoms with Gasteiger partial charge in [-0.25, -0.2) is 17.6 Å². The Labute approximate surface area is 115 Å². The molecule has 1 aromatic carbocycles. The molecule has 1 aromatic rings. The van der Waals surface area contributed by atoms with Gasteiger partial charge in [0.15, 0.2) is 23.3 Å². The molecule has 0 amide bonds. The highest BCUT2D eigenvalue weighted by Crippen LogP contribution is 2.53. The Balaban J connectivity index is 1.85. The standard InChI is InChI=1S/C15H17F4N/c16-9-8-10(17)13(19)14(12(9)18)20-11-4-7-15(11)5-2-1-3-6-15/h8,11,20H,1-7H2. The molecule has 1 spiro atoms. The summed E-state index contributed by atoms with van der Waals surface area (Å²) in [5.41, 5.74) is -0.600. The number of hydrogen-bond donors (Lipinski definition) is 1. The van der Waals surface area contributed by atoms with Gasteiger partial charge in [-0.15, -0.1) is 0 Å². The monoisotopic (exact) mass is 287 g/mol. The lowest BCUT2D eigenvalue weighted by Crippen LogP contribution is -2.50. The van der Waals surface area contributed by atoms with Crippen LogP contribution in [0, 0.1) is 28.7 Å². The average molecular weight is 287 g/mol. The molecule has 3 rings (SSSR count). The van der Waals surface area contributed by atoms with Crippen LogP contribution in [-0.4, -0.2) is 6.04 Å². The van der Waals surface area contributed by atoms with Crippen molar-refractivity contribution in [2.24, 2.45) is 5.41 Å². The van der Waals surface area contributed by atoms with Gasteiger partial charge in [-0.05, 0) is 31.1 Å². The zero-order chi connectivity index (χ0) is 14.3. The van der Waals surface area contributed by atoms with E-state index in [1.54, 1.807) is 0 Å². The summed E-state index contributed by atoms with van der Waals surface area (Å²) in [7, 11) is 0. The zero-order valence-electron chi connectivity index (χ0n) is 11.1. The molecule has 0 aliphatic heterocycles. The molecule has 0 saturated heterocycles. The van der Waals surface area contributed by atoms with Gasteiger partial charge in [-0.3, -0.25) is 0 Å². The molecule has 2 aliphatic rings. The lowest BCUT2D eigenvalue weighted by molar-refractivity contribution is 0.0567. The molecule has 0 aromatic heterocycles. The van der Waals surface area contributed by atoms with Crippen molar-refractivity contribution < 1.29 is 17.6 Å². The first kappa shape index (κ1) is 13.7. The van der Waals surface area contributed by atoms with Gasteiger partial charge in [0.05, 0.1) is 0 Å². The largest absolute Gasteiger partial charge is 0.377 e. The third kappa shape index (κ3) is 2.07. The second-order valence-corrected chi connectivity index (χ2v) is 6.00. The molecular formula is C15H17F4N.